The van der Waals surface area contributed by atoms with E-state index in [9.17, 15) is 4.79 Å². The summed E-state index contributed by atoms with van der Waals surface area (Å²) in [7, 11) is 0. The summed E-state index contributed by atoms with van der Waals surface area (Å²) < 4.78 is 2.06. The van der Waals surface area contributed by atoms with E-state index in [-0.39, 0.29) is 5.91 Å². The molecular formula is C15H22ClN3O. The van der Waals surface area contributed by atoms with Crippen molar-refractivity contribution < 1.29 is 4.79 Å². The van der Waals surface area contributed by atoms with E-state index in [4.69, 9.17) is 17.3 Å². The number of amides is 1. The Morgan fingerprint density at radius 2 is 2.20 bits per heavy atom. The fraction of sp³-hybridized carbons (Fsp3) is 0.667. The third-order valence-electron chi connectivity index (χ3n) is 4.68. The molecule has 110 valence electrons. The Morgan fingerprint density at radius 1 is 1.45 bits per heavy atom. The summed E-state index contributed by atoms with van der Waals surface area (Å²) in [5, 5.41) is 0.654. The summed E-state index contributed by atoms with van der Waals surface area (Å²) in [5.74, 6) is 1.12. The number of rotatable bonds is 3. The van der Waals surface area contributed by atoms with Crippen molar-refractivity contribution in [3.05, 3.63) is 23.0 Å². The number of carbonyl (C=O) groups is 1. The largest absolute Gasteiger partial charge is 0.339 e. The van der Waals surface area contributed by atoms with Crippen molar-refractivity contribution in [1.29, 1.82) is 0 Å². The quantitative estimate of drug-likeness (QED) is 0.931. The van der Waals surface area contributed by atoms with Crippen molar-refractivity contribution in [1.82, 2.24) is 9.47 Å². The summed E-state index contributed by atoms with van der Waals surface area (Å²) in [6.45, 7) is 4.46. The molecule has 1 saturated heterocycles. The second-order valence-corrected chi connectivity index (χ2v) is 6.63. The minimum atomic E-state index is 0.106. The number of carbonyl (C=O) groups excluding carboxylic acids is 1. The highest BCUT2D eigenvalue weighted by atomic mass is 35.5. The molecule has 2 fully saturated rings. The zero-order chi connectivity index (χ0) is 14.3. The molecule has 2 unspecified atom stereocenters. The first-order valence-electron chi connectivity index (χ1n) is 7.47. The standard InChI is InChI=1S/C15H22ClN3O/c1-10-4-5-18(8-11(10)7-17)15(20)14-6-12(16)9-19(14)13-2-3-13/h6,9-11,13H,2-5,7-8,17H2,1H3. The summed E-state index contributed by atoms with van der Waals surface area (Å²) in [6, 6.07) is 2.27. The smallest absolute Gasteiger partial charge is 0.270 e. The zero-order valence-electron chi connectivity index (χ0n) is 11.9. The highest BCUT2D eigenvalue weighted by molar-refractivity contribution is 6.31. The van der Waals surface area contributed by atoms with Crippen LogP contribution in [0.4, 0.5) is 0 Å². The van der Waals surface area contributed by atoms with Crippen LogP contribution in [0.1, 0.15) is 42.7 Å². The van der Waals surface area contributed by atoms with Crippen LogP contribution in [0, 0.1) is 11.8 Å². The van der Waals surface area contributed by atoms with E-state index in [1.807, 2.05) is 11.1 Å². The molecule has 0 radical (unpaired) electrons. The fourth-order valence-corrected chi connectivity index (χ4v) is 3.28. The van der Waals surface area contributed by atoms with Crippen molar-refractivity contribution in [3.8, 4) is 0 Å². The number of nitrogens with two attached hydrogens (primary N) is 1. The van der Waals surface area contributed by atoms with Gasteiger partial charge < -0.3 is 15.2 Å². The summed E-state index contributed by atoms with van der Waals surface area (Å²) in [4.78, 5) is 14.7. The number of nitrogens with zero attached hydrogens (tertiary/aromatic N) is 2. The van der Waals surface area contributed by atoms with Crippen molar-refractivity contribution in [2.45, 2.75) is 32.2 Å². The van der Waals surface area contributed by atoms with E-state index in [0.29, 0.717) is 29.4 Å². The molecule has 0 bridgehead atoms. The molecule has 4 nitrogen and oxygen atoms in total. The molecular weight excluding hydrogens is 274 g/mol. The predicted octanol–water partition coefficient (Wildman–Crippen LogP) is 2.53. The normalized spacial score (nSPS) is 26.9. The number of hydrogen-bond acceptors (Lipinski definition) is 2. The van der Waals surface area contributed by atoms with E-state index in [1.165, 1.54) is 0 Å². The molecule has 2 N–H and O–H groups in total. The molecule has 2 heterocycles. The topological polar surface area (TPSA) is 51.3 Å². The average Bonchev–Trinajstić information content (AvgIpc) is 3.21. The van der Waals surface area contributed by atoms with Gasteiger partial charge in [0, 0.05) is 25.3 Å². The number of aromatic nitrogens is 1. The van der Waals surface area contributed by atoms with Gasteiger partial charge in [-0.05, 0) is 43.7 Å². The molecule has 1 aromatic rings. The Kier molecular flexibility index (Phi) is 3.78. The Balaban J connectivity index is 1.78. The lowest BCUT2D eigenvalue weighted by atomic mass is 9.87. The third kappa shape index (κ3) is 2.59. The maximum Gasteiger partial charge on any atom is 0.270 e. The predicted molar refractivity (Wildman–Crippen MR) is 79.9 cm³/mol. The van der Waals surface area contributed by atoms with Crippen molar-refractivity contribution >= 4 is 17.5 Å². The molecule has 1 saturated carbocycles. The van der Waals surface area contributed by atoms with Gasteiger partial charge in [0.05, 0.1) is 5.02 Å². The molecule has 0 spiro atoms. The van der Waals surface area contributed by atoms with Crippen LogP contribution < -0.4 is 5.73 Å². The van der Waals surface area contributed by atoms with Gasteiger partial charge in [0.15, 0.2) is 0 Å². The second kappa shape index (κ2) is 5.41. The SMILES string of the molecule is CC1CCN(C(=O)c2cc(Cl)cn2C2CC2)CC1CN. The van der Waals surface area contributed by atoms with Crippen molar-refractivity contribution in [2.75, 3.05) is 19.6 Å². The zero-order valence-corrected chi connectivity index (χ0v) is 12.6. The van der Waals surface area contributed by atoms with Crippen LogP contribution in [0.25, 0.3) is 0 Å². The van der Waals surface area contributed by atoms with Gasteiger partial charge in [-0.15, -0.1) is 0 Å². The molecule has 1 amide bonds. The van der Waals surface area contributed by atoms with E-state index >= 15 is 0 Å². The maximum atomic E-state index is 12.7. The molecule has 3 rings (SSSR count). The maximum absolute atomic E-state index is 12.7. The molecule has 20 heavy (non-hydrogen) atoms. The average molecular weight is 296 g/mol. The van der Waals surface area contributed by atoms with Gasteiger partial charge in [-0.3, -0.25) is 4.79 Å². The van der Waals surface area contributed by atoms with Gasteiger partial charge in [-0.1, -0.05) is 18.5 Å². The second-order valence-electron chi connectivity index (χ2n) is 6.19. The number of likely N-dealkylation sites (tertiary alicyclic amines) is 1. The lowest BCUT2D eigenvalue weighted by Crippen LogP contribution is -2.45. The fourth-order valence-electron chi connectivity index (χ4n) is 3.07. The number of piperidine rings is 1. The first-order valence-corrected chi connectivity index (χ1v) is 7.84. The lowest BCUT2D eigenvalue weighted by molar-refractivity contribution is 0.0607. The Bertz CT molecular complexity index is 509. The van der Waals surface area contributed by atoms with Gasteiger partial charge in [0.25, 0.3) is 5.91 Å². The number of halogens is 1. The summed E-state index contributed by atoms with van der Waals surface area (Å²) in [5.41, 5.74) is 6.56. The minimum Gasteiger partial charge on any atom is -0.339 e. The first kappa shape index (κ1) is 14.0. The minimum absolute atomic E-state index is 0.106. The van der Waals surface area contributed by atoms with Crippen LogP contribution in [-0.2, 0) is 0 Å². The van der Waals surface area contributed by atoms with Crippen LogP contribution in [0.3, 0.4) is 0 Å². The van der Waals surface area contributed by atoms with Gasteiger partial charge in [0.1, 0.15) is 5.69 Å². The lowest BCUT2D eigenvalue weighted by Gasteiger charge is -2.36. The Morgan fingerprint density at radius 3 is 2.85 bits per heavy atom. The third-order valence-corrected chi connectivity index (χ3v) is 4.89. The monoisotopic (exact) mass is 295 g/mol. The van der Waals surface area contributed by atoms with Gasteiger partial charge in [-0.25, -0.2) is 0 Å². The highest BCUT2D eigenvalue weighted by Crippen LogP contribution is 2.38. The van der Waals surface area contributed by atoms with Gasteiger partial charge in [0.2, 0.25) is 0 Å². The molecule has 1 aromatic heterocycles. The molecule has 2 atom stereocenters. The molecule has 1 aliphatic heterocycles. The molecule has 0 aromatic carbocycles. The molecule has 1 aliphatic carbocycles. The van der Waals surface area contributed by atoms with E-state index < -0.39 is 0 Å². The van der Waals surface area contributed by atoms with Crippen LogP contribution in [0.15, 0.2) is 12.3 Å². The molecule has 5 heteroatoms. The van der Waals surface area contributed by atoms with Crippen molar-refractivity contribution in [3.63, 3.8) is 0 Å². The summed E-state index contributed by atoms with van der Waals surface area (Å²) in [6.07, 6.45) is 5.21. The number of hydrogen-bond donors (Lipinski definition) is 1. The van der Waals surface area contributed by atoms with Crippen molar-refractivity contribution in [2.24, 2.45) is 17.6 Å². The van der Waals surface area contributed by atoms with E-state index in [0.717, 1.165) is 38.0 Å². The van der Waals surface area contributed by atoms with Crippen LogP contribution in [-0.4, -0.2) is 35.0 Å². The Labute approximate surface area is 124 Å². The summed E-state index contributed by atoms with van der Waals surface area (Å²) >= 11 is 6.09. The van der Waals surface area contributed by atoms with Gasteiger partial charge >= 0.3 is 0 Å². The Hall–Kier alpha value is -1.00. The molecule has 2 aliphatic rings. The highest BCUT2D eigenvalue weighted by Gasteiger charge is 2.32. The van der Waals surface area contributed by atoms with Crippen LogP contribution in [0.2, 0.25) is 5.02 Å². The van der Waals surface area contributed by atoms with Crippen LogP contribution >= 0.6 is 11.6 Å². The van der Waals surface area contributed by atoms with Gasteiger partial charge in [-0.2, -0.15) is 0 Å². The van der Waals surface area contributed by atoms with Crippen LogP contribution in [0.5, 0.6) is 0 Å². The van der Waals surface area contributed by atoms with E-state index in [1.54, 1.807) is 6.07 Å². The van der Waals surface area contributed by atoms with E-state index in [2.05, 4.69) is 11.5 Å². The first-order chi connectivity index (χ1) is 9.60.